The summed E-state index contributed by atoms with van der Waals surface area (Å²) < 4.78 is 40.1. The first-order chi connectivity index (χ1) is 19.8. The Morgan fingerprint density at radius 1 is 1.20 bits per heavy atom. The van der Waals surface area contributed by atoms with E-state index in [1.54, 1.807) is 19.1 Å². The Bertz CT molecular complexity index is 1450. The lowest BCUT2D eigenvalue weighted by Crippen LogP contribution is -2.36. The molecular weight excluding hydrogens is 549 g/mol. The number of benzene rings is 2. The zero-order chi connectivity index (χ0) is 28.7. The van der Waals surface area contributed by atoms with E-state index in [-0.39, 0.29) is 18.0 Å². The summed E-state index contributed by atoms with van der Waals surface area (Å²) >= 11 is 5.97. The zero-order valence-electron chi connectivity index (χ0n) is 23.6. The third-order valence-electron chi connectivity index (χ3n) is 8.44. The Morgan fingerprint density at radius 2 is 1.98 bits per heavy atom. The minimum absolute atomic E-state index is 0.0937. The van der Waals surface area contributed by atoms with Gasteiger partial charge in [0.05, 0.1) is 37.6 Å². The number of hydrogen-bond acceptors (Lipinski definition) is 7. The number of piperidine rings is 1. The van der Waals surface area contributed by atoms with Crippen molar-refractivity contribution in [3.05, 3.63) is 75.6 Å². The number of para-hydroxylation sites is 1. The predicted octanol–water partition coefficient (Wildman–Crippen LogP) is 5.84. The van der Waals surface area contributed by atoms with Gasteiger partial charge in [0.15, 0.2) is 17.2 Å². The molecule has 2 fully saturated rings. The van der Waals surface area contributed by atoms with Gasteiger partial charge >= 0.3 is 5.97 Å². The lowest BCUT2D eigenvalue weighted by Gasteiger charge is -2.33. The molecule has 1 aromatic heterocycles. The van der Waals surface area contributed by atoms with Gasteiger partial charge in [0.2, 0.25) is 0 Å². The number of aromatic nitrogens is 2. The summed E-state index contributed by atoms with van der Waals surface area (Å²) in [6.07, 6.45) is 3.56. The highest BCUT2D eigenvalue weighted by molar-refractivity contribution is 6.30. The molecule has 0 aliphatic carbocycles. The summed E-state index contributed by atoms with van der Waals surface area (Å²) in [6.45, 7) is 7.45. The lowest BCUT2D eigenvalue weighted by molar-refractivity contribution is -0.0712. The molecule has 8 nitrogen and oxygen atoms in total. The quantitative estimate of drug-likeness (QED) is 0.309. The van der Waals surface area contributed by atoms with Crippen LogP contribution in [0.25, 0.3) is 0 Å². The number of likely N-dealkylation sites (tertiary alicyclic amines) is 1. The number of rotatable bonds is 8. The second kappa shape index (κ2) is 11.3. The first-order valence-corrected chi connectivity index (χ1v) is 14.6. The SMILES string of the molecule is CCc1nc(CN2CCC(c3cccc4c3O[C@@](C)(c3ccc(Cl)cc3F)O4)CC2)n(C[C@@H]2CCO2)c1C(=O)OC. The number of imidazole rings is 1. The number of esters is 1. The Labute approximate surface area is 244 Å². The zero-order valence-corrected chi connectivity index (χ0v) is 24.4. The molecule has 3 aromatic rings. The highest BCUT2D eigenvalue weighted by Gasteiger charge is 2.43. The monoisotopic (exact) mass is 583 g/mol. The van der Waals surface area contributed by atoms with Crippen molar-refractivity contribution in [1.82, 2.24) is 14.5 Å². The molecule has 0 saturated carbocycles. The van der Waals surface area contributed by atoms with Crippen LogP contribution >= 0.6 is 11.6 Å². The predicted molar refractivity (Wildman–Crippen MR) is 151 cm³/mol. The molecule has 0 N–H and O–H groups in total. The van der Waals surface area contributed by atoms with E-state index < -0.39 is 11.6 Å². The fourth-order valence-electron chi connectivity index (χ4n) is 6.11. The van der Waals surface area contributed by atoms with Crippen molar-refractivity contribution in [2.75, 3.05) is 26.8 Å². The van der Waals surface area contributed by atoms with Gasteiger partial charge in [-0.25, -0.2) is 14.2 Å². The standard InChI is InChI=1S/C31H35ClFN3O5/c1-4-25-28(30(37)38-3)36(17-21-12-15-39-21)27(34-25)18-35-13-10-19(11-14-35)22-6-5-7-26-29(22)41-31(2,40-26)23-9-8-20(32)16-24(23)33/h5-9,16,19,21H,4,10-15,17-18H2,1-3H3/t21-,31-/m0/s1. The fraction of sp³-hybridized carbons (Fsp3) is 0.484. The minimum Gasteiger partial charge on any atom is -0.464 e. The molecule has 218 valence electrons. The van der Waals surface area contributed by atoms with E-state index in [4.69, 9.17) is 35.5 Å². The molecule has 2 saturated heterocycles. The number of hydrogen-bond donors (Lipinski definition) is 0. The fourth-order valence-corrected chi connectivity index (χ4v) is 6.27. The maximum Gasteiger partial charge on any atom is 0.356 e. The van der Waals surface area contributed by atoms with Crippen molar-refractivity contribution in [3.63, 3.8) is 0 Å². The number of halogens is 2. The van der Waals surface area contributed by atoms with Gasteiger partial charge in [-0.15, -0.1) is 0 Å². The molecule has 4 heterocycles. The molecule has 0 unspecified atom stereocenters. The van der Waals surface area contributed by atoms with E-state index in [2.05, 4.69) is 11.0 Å². The van der Waals surface area contributed by atoms with Crippen molar-refractivity contribution in [2.45, 2.75) is 70.4 Å². The van der Waals surface area contributed by atoms with Crippen LogP contribution in [0.4, 0.5) is 4.39 Å². The Balaban J connectivity index is 1.17. The van der Waals surface area contributed by atoms with Crippen LogP contribution in [-0.4, -0.2) is 53.3 Å². The summed E-state index contributed by atoms with van der Waals surface area (Å²) in [5.74, 6) is 0.328. The molecule has 6 rings (SSSR count). The van der Waals surface area contributed by atoms with Crippen LogP contribution in [0.3, 0.4) is 0 Å². The van der Waals surface area contributed by atoms with Gasteiger partial charge < -0.3 is 23.5 Å². The Morgan fingerprint density at radius 3 is 2.63 bits per heavy atom. The number of carbonyl (C=O) groups excluding carboxylic acids is 1. The van der Waals surface area contributed by atoms with Gasteiger partial charge in [-0.2, -0.15) is 0 Å². The molecule has 41 heavy (non-hydrogen) atoms. The summed E-state index contributed by atoms with van der Waals surface area (Å²) in [4.78, 5) is 19.9. The molecule has 0 radical (unpaired) electrons. The maximum absolute atomic E-state index is 14.8. The molecular formula is C31H35ClFN3O5. The van der Waals surface area contributed by atoms with Crippen molar-refractivity contribution in [2.24, 2.45) is 0 Å². The first kappa shape index (κ1) is 28.0. The number of fused-ring (bicyclic) bond motifs is 1. The Hall–Kier alpha value is -3.14. The van der Waals surface area contributed by atoms with Gasteiger partial charge in [-0.3, -0.25) is 4.90 Å². The number of ether oxygens (including phenoxy) is 4. The van der Waals surface area contributed by atoms with Gasteiger partial charge in [0.1, 0.15) is 11.6 Å². The number of aryl methyl sites for hydroxylation is 1. The van der Waals surface area contributed by atoms with Gasteiger partial charge in [0.25, 0.3) is 5.79 Å². The molecule has 0 bridgehead atoms. The third-order valence-corrected chi connectivity index (χ3v) is 8.67. The van der Waals surface area contributed by atoms with E-state index in [9.17, 15) is 9.18 Å². The number of nitrogens with zero attached hydrogens (tertiary/aromatic N) is 3. The van der Waals surface area contributed by atoms with Gasteiger partial charge in [-0.1, -0.05) is 30.7 Å². The van der Waals surface area contributed by atoms with E-state index >= 15 is 0 Å². The lowest BCUT2D eigenvalue weighted by atomic mass is 9.88. The van der Waals surface area contributed by atoms with Gasteiger partial charge in [0, 0.05) is 24.1 Å². The molecule has 2 atom stereocenters. The molecule has 3 aliphatic rings. The summed E-state index contributed by atoms with van der Waals surface area (Å²) in [6, 6.07) is 10.4. The van der Waals surface area contributed by atoms with Crippen LogP contribution in [0.2, 0.25) is 5.02 Å². The van der Waals surface area contributed by atoms with Gasteiger partial charge in [-0.05, 0) is 69.0 Å². The molecule has 3 aliphatic heterocycles. The molecule has 10 heteroatoms. The molecule has 2 aromatic carbocycles. The van der Waals surface area contributed by atoms with Crippen LogP contribution in [0, 0.1) is 5.82 Å². The van der Waals surface area contributed by atoms with E-state index in [0.717, 1.165) is 56.0 Å². The first-order valence-electron chi connectivity index (χ1n) is 14.3. The minimum atomic E-state index is -1.27. The normalized spacial score (nSPS) is 22.5. The second-order valence-corrected chi connectivity index (χ2v) is 11.5. The second-order valence-electron chi connectivity index (χ2n) is 11.1. The summed E-state index contributed by atoms with van der Waals surface area (Å²) in [5.41, 5.74) is 2.68. The average Bonchev–Trinajstić information content (AvgIpc) is 3.47. The van der Waals surface area contributed by atoms with Crippen molar-refractivity contribution in [3.8, 4) is 11.5 Å². The maximum atomic E-state index is 14.8. The van der Waals surface area contributed by atoms with E-state index in [0.29, 0.717) is 47.3 Å². The number of methoxy groups -OCH3 is 1. The van der Waals surface area contributed by atoms with Crippen LogP contribution in [0.1, 0.15) is 72.2 Å². The van der Waals surface area contributed by atoms with Crippen molar-refractivity contribution >= 4 is 17.6 Å². The smallest absolute Gasteiger partial charge is 0.356 e. The average molecular weight is 584 g/mol. The van der Waals surface area contributed by atoms with Crippen LogP contribution < -0.4 is 9.47 Å². The summed E-state index contributed by atoms with van der Waals surface area (Å²) in [5, 5.41) is 0.323. The summed E-state index contributed by atoms with van der Waals surface area (Å²) in [7, 11) is 1.41. The largest absolute Gasteiger partial charge is 0.464 e. The van der Waals surface area contributed by atoms with Crippen LogP contribution in [0.15, 0.2) is 36.4 Å². The Kier molecular flexibility index (Phi) is 7.70. The third kappa shape index (κ3) is 5.31. The van der Waals surface area contributed by atoms with E-state index in [1.165, 1.54) is 13.2 Å². The van der Waals surface area contributed by atoms with Crippen LogP contribution in [0.5, 0.6) is 11.5 Å². The highest BCUT2D eigenvalue weighted by atomic mass is 35.5. The highest BCUT2D eigenvalue weighted by Crippen LogP contribution is 2.49. The molecule has 0 spiro atoms. The van der Waals surface area contributed by atoms with Crippen LogP contribution in [-0.2, 0) is 34.8 Å². The molecule has 0 amide bonds. The topological polar surface area (TPSA) is 75.0 Å². The number of carbonyl (C=O) groups is 1. The van der Waals surface area contributed by atoms with E-state index in [1.807, 2.05) is 23.6 Å². The van der Waals surface area contributed by atoms with Crippen molar-refractivity contribution in [1.29, 1.82) is 0 Å². The van der Waals surface area contributed by atoms with Crippen molar-refractivity contribution < 1.29 is 28.1 Å².